The summed E-state index contributed by atoms with van der Waals surface area (Å²) in [5, 5.41) is 2.01. The van der Waals surface area contributed by atoms with Crippen LogP contribution in [0.1, 0.15) is 11.3 Å². The van der Waals surface area contributed by atoms with Gasteiger partial charge < -0.3 is 4.74 Å². The fraction of sp³-hybridized carbons (Fsp3) is 0.300. The molecule has 3 heteroatoms. The van der Waals surface area contributed by atoms with E-state index in [2.05, 4.69) is 11.3 Å². The van der Waals surface area contributed by atoms with Crippen molar-refractivity contribution < 1.29 is 9.53 Å². The van der Waals surface area contributed by atoms with E-state index in [0.717, 1.165) is 12.0 Å². The van der Waals surface area contributed by atoms with Gasteiger partial charge in [0, 0.05) is 11.3 Å². The number of rotatable bonds is 4. The molecule has 2 nitrogen and oxygen atoms in total. The molecule has 1 aromatic rings. The largest absolute Gasteiger partial charge is 0.469 e. The van der Waals surface area contributed by atoms with Crippen molar-refractivity contribution in [1.82, 2.24) is 0 Å². The second-order valence-electron chi connectivity index (χ2n) is 2.76. The lowest BCUT2D eigenvalue weighted by molar-refractivity contribution is -0.139. The van der Waals surface area contributed by atoms with E-state index in [4.69, 9.17) is 0 Å². The van der Waals surface area contributed by atoms with Crippen molar-refractivity contribution in [3.63, 3.8) is 0 Å². The molecule has 1 rings (SSSR count). The molecule has 0 fully saturated rings. The van der Waals surface area contributed by atoms with Crippen LogP contribution >= 0.6 is 11.3 Å². The minimum Gasteiger partial charge on any atom is -0.469 e. The van der Waals surface area contributed by atoms with E-state index in [0.29, 0.717) is 6.42 Å². The summed E-state index contributed by atoms with van der Waals surface area (Å²) in [7, 11) is 1.39. The number of hydrogen-bond donors (Lipinski definition) is 0. The summed E-state index contributed by atoms with van der Waals surface area (Å²) in [4.78, 5) is 12.1. The minimum absolute atomic E-state index is 0.221. The van der Waals surface area contributed by atoms with Crippen molar-refractivity contribution in [2.24, 2.45) is 0 Å². The first-order chi connectivity index (χ1) is 6.22. The van der Waals surface area contributed by atoms with E-state index in [9.17, 15) is 4.79 Å². The third kappa shape index (κ3) is 3.42. The molecule has 0 N–H and O–H groups in total. The number of ether oxygens (including phenoxy) is 1. The molecule has 0 radical (unpaired) electrons. The Morgan fingerprint density at radius 3 is 3.00 bits per heavy atom. The van der Waals surface area contributed by atoms with Crippen LogP contribution in [0.4, 0.5) is 0 Å². The molecule has 0 saturated heterocycles. The summed E-state index contributed by atoms with van der Waals surface area (Å²) >= 11 is 1.67. The number of hydrogen-bond acceptors (Lipinski definition) is 3. The fourth-order valence-corrected chi connectivity index (χ4v) is 1.77. The first-order valence-electron chi connectivity index (χ1n) is 3.98. The van der Waals surface area contributed by atoms with E-state index in [1.54, 1.807) is 11.3 Å². The number of carbonyl (C=O) groups is 1. The lowest BCUT2D eigenvalue weighted by atomic mass is 10.1. The Labute approximate surface area is 81.8 Å². The monoisotopic (exact) mass is 196 g/mol. The van der Waals surface area contributed by atoms with Crippen molar-refractivity contribution in [3.05, 3.63) is 34.5 Å². The molecule has 1 heterocycles. The van der Waals surface area contributed by atoms with Gasteiger partial charge in [0.1, 0.15) is 0 Å². The maximum Gasteiger partial charge on any atom is 0.309 e. The standard InChI is InChI=1S/C10H12O2S/c1-8(7-10(11)12-2)6-9-4-3-5-13-9/h3-5H,1,6-7H2,2H3. The average molecular weight is 196 g/mol. The van der Waals surface area contributed by atoms with E-state index < -0.39 is 0 Å². The van der Waals surface area contributed by atoms with Crippen LogP contribution in [0.15, 0.2) is 29.7 Å². The van der Waals surface area contributed by atoms with Crippen LogP contribution in [0.3, 0.4) is 0 Å². The van der Waals surface area contributed by atoms with Crippen LogP contribution in [0, 0.1) is 0 Å². The fourth-order valence-electron chi connectivity index (χ4n) is 0.998. The van der Waals surface area contributed by atoms with Gasteiger partial charge in [0.25, 0.3) is 0 Å². The number of carbonyl (C=O) groups excluding carboxylic acids is 1. The van der Waals surface area contributed by atoms with Crippen LogP contribution in [0.25, 0.3) is 0 Å². The second-order valence-corrected chi connectivity index (χ2v) is 3.79. The van der Waals surface area contributed by atoms with Crippen LogP contribution in [0.2, 0.25) is 0 Å². The van der Waals surface area contributed by atoms with Crippen molar-refractivity contribution in [1.29, 1.82) is 0 Å². The molecule has 0 saturated carbocycles. The van der Waals surface area contributed by atoms with Gasteiger partial charge in [-0.05, 0) is 11.4 Å². The van der Waals surface area contributed by atoms with Gasteiger partial charge in [-0.15, -0.1) is 11.3 Å². The summed E-state index contributed by atoms with van der Waals surface area (Å²) in [5.74, 6) is -0.221. The topological polar surface area (TPSA) is 26.3 Å². The molecule has 0 unspecified atom stereocenters. The molecule has 0 atom stereocenters. The maximum absolute atomic E-state index is 10.9. The molecular formula is C10H12O2S. The predicted molar refractivity (Wildman–Crippen MR) is 53.8 cm³/mol. The Morgan fingerprint density at radius 1 is 1.69 bits per heavy atom. The molecule has 13 heavy (non-hydrogen) atoms. The van der Waals surface area contributed by atoms with E-state index in [1.165, 1.54) is 12.0 Å². The summed E-state index contributed by atoms with van der Waals surface area (Å²) in [6.07, 6.45) is 1.08. The number of esters is 1. The quantitative estimate of drug-likeness (QED) is 0.546. The van der Waals surface area contributed by atoms with Gasteiger partial charge in [0.2, 0.25) is 0 Å². The summed E-state index contributed by atoms with van der Waals surface area (Å²) in [6, 6.07) is 4.03. The highest BCUT2D eigenvalue weighted by molar-refractivity contribution is 7.09. The average Bonchev–Trinajstić information content (AvgIpc) is 2.56. The highest BCUT2D eigenvalue weighted by atomic mass is 32.1. The van der Waals surface area contributed by atoms with Gasteiger partial charge in [-0.1, -0.05) is 18.2 Å². The van der Waals surface area contributed by atoms with Gasteiger partial charge in [0.15, 0.2) is 0 Å². The predicted octanol–water partition coefficient (Wildman–Crippen LogP) is 2.41. The highest BCUT2D eigenvalue weighted by Crippen LogP contribution is 2.15. The Bertz CT molecular complexity index is 288. The molecule has 1 aromatic heterocycles. The smallest absolute Gasteiger partial charge is 0.309 e. The first-order valence-corrected chi connectivity index (χ1v) is 4.86. The minimum atomic E-state index is -0.221. The molecular weight excluding hydrogens is 184 g/mol. The highest BCUT2D eigenvalue weighted by Gasteiger charge is 2.04. The Balaban J connectivity index is 2.38. The molecule has 0 bridgehead atoms. The Hall–Kier alpha value is -1.09. The van der Waals surface area contributed by atoms with Gasteiger partial charge in [-0.25, -0.2) is 0 Å². The SMILES string of the molecule is C=C(CC(=O)OC)Cc1cccs1. The van der Waals surface area contributed by atoms with E-state index in [-0.39, 0.29) is 5.97 Å². The van der Waals surface area contributed by atoms with E-state index in [1.807, 2.05) is 17.5 Å². The summed E-state index contributed by atoms with van der Waals surface area (Å²) in [6.45, 7) is 3.82. The summed E-state index contributed by atoms with van der Waals surface area (Å²) in [5.41, 5.74) is 0.898. The van der Waals surface area contributed by atoms with Crippen molar-refractivity contribution >= 4 is 17.3 Å². The third-order valence-electron chi connectivity index (χ3n) is 1.63. The van der Waals surface area contributed by atoms with Crippen LogP contribution in [-0.2, 0) is 16.0 Å². The molecule has 0 amide bonds. The molecule has 0 spiro atoms. The molecule has 0 aliphatic carbocycles. The zero-order valence-corrected chi connectivity index (χ0v) is 8.39. The molecule has 70 valence electrons. The van der Waals surface area contributed by atoms with Crippen LogP contribution < -0.4 is 0 Å². The summed E-state index contributed by atoms with van der Waals surface area (Å²) < 4.78 is 4.54. The zero-order valence-electron chi connectivity index (χ0n) is 7.58. The van der Waals surface area contributed by atoms with Crippen molar-refractivity contribution in [2.75, 3.05) is 7.11 Å². The van der Waals surface area contributed by atoms with E-state index >= 15 is 0 Å². The lowest BCUT2D eigenvalue weighted by Crippen LogP contribution is -2.02. The van der Waals surface area contributed by atoms with Crippen molar-refractivity contribution in [2.45, 2.75) is 12.8 Å². The van der Waals surface area contributed by atoms with Gasteiger partial charge in [0.05, 0.1) is 13.5 Å². The maximum atomic E-state index is 10.9. The normalized spacial score (nSPS) is 9.62. The third-order valence-corrected chi connectivity index (χ3v) is 2.50. The second kappa shape index (κ2) is 4.82. The molecule has 0 aliphatic heterocycles. The van der Waals surface area contributed by atoms with Gasteiger partial charge in [-0.3, -0.25) is 4.79 Å². The van der Waals surface area contributed by atoms with Crippen LogP contribution in [-0.4, -0.2) is 13.1 Å². The Kier molecular flexibility index (Phi) is 3.71. The zero-order chi connectivity index (χ0) is 9.68. The molecule has 0 aromatic carbocycles. The van der Waals surface area contributed by atoms with Gasteiger partial charge in [-0.2, -0.15) is 0 Å². The lowest BCUT2D eigenvalue weighted by Gasteiger charge is -2.01. The molecule has 0 aliphatic rings. The number of thiophene rings is 1. The van der Waals surface area contributed by atoms with Gasteiger partial charge >= 0.3 is 5.97 Å². The Morgan fingerprint density at radius 2 is 2.46 bits per heavy atom. The van der Waals surface area contributed by atoms with Crippen molar-refractivity contribution in [3.8, 4) is 0 Å². The first kappa shape index (κ1) is 9.99. The number of methoxy groups -OCH3 is 1. The van der Waals surface area contributed by atoms with Crippen LogP contribution in [0.5, 0.6) is 0 Å².